The second kappa shape index (κ2) is 10.8. The molecule has 2 nitrogen and oxygen atoms in total. The van der Waals surface area contributed by atoms with Crippen molar-refractivity contribution in [2.75, 3.05) is 0 Å². The Morgan fingerprint density at radius 2 is 0.893 bits per heavy atom. The van der Waals surface area contributed by atoms with Crippen molar-refractivity contribution in [3.05, 3.63) is 71.8 Å². The molecule has 2 heteroatoms. The van der Waals surface area contributed by atoms with Crippen LogP contribution in [0.4, 0.5) is 0 Å². The molecule has 0 atom stereocenters. The lowest BCUT2D eigenvalue weighted by Gasteiger charge is -2.06. The number of hydrogen-bond donors (Lipinski definition) is 0. The normalized spacial score (nSPS) is 10.9. The lowest BCUT2D eigenvalue weighted by Crippen LogP contribution is -1.92. The molecule has 0 fully saturated rings. The smallest absolute Gasteiger partial charge is 0.0930 e. The van der Waals surface area contributed by atoms with Gasteiger partial charge in [0.25, 0.3) is 0 Å². The Hall–Kier alpha value is -2.48. The summed E-state index contributed by atoms with van der Waals surface area (Å²) in [5, 5.41) is 8.93. The fourth-order valence-electron chi connectivity index (χ4n) is 3.48. The summed E-state index contributed by atoms with van der Waals surface area (Å²) in [5.74, 6) is 0. The molecule has 0 saturated carbocycles. The lowest BCUT2D eigenvalue weighted by atomic mass is 10.0. The van der Waals surface area contributed by atoms with Crippen molar-refractivity contribution in [1.82, 2.24) is 10.2 Å². The quantitative estimate of drug-likeness (QED) is 0.350. The van der Waals surface area contributed by atoms with Crippen LogP contribution in [0.1, 0.15) is 63.5 Å². The average Bonchev–Trinajstić information content (AvgIpc) is 2.75. The molecule has 0 saturated heterocycles. The molecule has 3 rings (SSSR count). The molecule has 3 aromatic rings. The zero-order valence-electron chi connectivity index (χ0n) is 17.3. The van der Waals surface area contributed by atoms with E-state index in [4.69, 9.17) is 0 Å². The van der Waals surface area contributed by atoms with Crippen molar-refractivity contribution in [3.8, 4) is 22.5 Å². The van der Waals surface area contributed by atoms with Gasteiger partial charge in [0.15, 0.2) is 0 Å². The van der Waals surface area contributed by atoms with Crippen LogP contribution in [0, 0.1) is 0 Å². The molecule has 0 amide bonds. The van der Waals surface area contributed by atoms with E-state index in [0.717, 1.165) is 35.4 Å². The number of unbranched alkanes of at least 4 members (excludes halogenated alkanes) is 4. The number of rotatable bonds is 10. The zero-order chi connectivity index (χ0) is 19.6. The molecule has 0 aliphatic carbocycles. The summed E-state index contributed by atoms with van der Waals surface area (Å²) in [5.41, 5.74) is 6.93. The third kappa shape index (κ3) is 5.76. The van der Waals surface area contributed by atoms with Gasteiger partial charge in [-0.25, -0.2) is 0 Å². The van der Waals surface area contributed by atoms with Gasteiger partial charge in [0.2, 0.25) is 0 Å². The molecule has 0 aliphatic heterocycles. The largest absolute Gasteiger partial charge is 0.150 e. The van der Waals surface area contributed by atoms with E-state index < -0.39 is 0 Å². The van der Waals surface area contributed by atoms with Crippen LogP contribution in [0.2, 0.25) is 0 Å². The van der Waals surface area contributed by atoms with Crippen LogP contribution in [-0.2, 0) is 12.8 Å². The minimum absolute atomic E-state index is 0.931. The van der Waals surface area contributed by atoms with Crippen molar-refractivity contribution in [2.45, 2.75) is 65.2 Å². The second-order valence-electron chi connectivity index (χ2n) is 7.61. The Bertz CT molecular complexity index is 745. The third-order valence-corrected chi connectivity index (χ3v) is 5.30. The molecule has 0 bridgehead atoms. The van der Waals surface area contributed by atoms with Crippen LogP contribution in [-0.4, -0.2) is 10.2 Å². The zero-order valence-corrected chi connectivity index (χ0v) is 17.3. The summed E-state index contributed by atoms with van der Waals surface area (Å²) < 4.78 is 0. The molecule has 0 aliphatic rings. The highest BCUT2D eigenvalue weighted by molar-refractivity contribution is 5.64. The number of nitrogens with zero attached hydrogens (tertiary/aromatic N) is 2. The lowest BCUT2D eigenvalue weighted by molar-refractivity contribution is 0.717. The maximum absolute atomic E-state index is 4.46. The van der Waals surface area contributed by atoms with Crippen LogP contribution < -0.4 is 0 Å². The van der Waals surface area contributed by atoms with Gasteiger partial charge in [-0.15, -0.1) is 10.2 Å². The first-order chi connectivity index (χ1) is 13.8. The number of hydrogen-bond acceptors (Lipinski definition) is 2. The van der Waals surface area contributed by atoms with Gasteiger partial charge in [-0.05, 0) is 48.9 Å². The highest BCUT2D eigenvalue weighted by atomic mass is 15.1. The number of aromatic nitrogens is 2. The van der Waals surface area contributed by atoms with E-state index in [9.17, 15) is 0 Å². The van der Waals surface area contributed by atoms with E-state index in [1.165, 1.54) is 49.7 Å². The van der Waals surface area contributed by atoms with Gasteiger partial charge in [-0.2, -0.15) is 0 Å². The van der Waals surface area contributed by atoms with Gasteiger partial charge in [0.05, 0.1) is 11.4 Å². The predicted octanol–water partition coefficient (Wildman–Crippen LogP) is 7.28. The van der Waals surface area contributed by atoms with Crippen molar-refractivity contribution in [3.63, 3.8) is 0 Å². The molecule has 0 spiro atoms. The van der Waals surface area contributed by atoms with E-state index in [1.807, 2.05) is 0 Å². The number of benzene rings is 2. The minimum atomic E-state index is 0.931. The second-order valence-corrected chi connectivity index (χ2v) is 7.61. The summed E-state index contributed by atoms with van der Waals surface area (Å²) in [6, 6.07) is 21.7. The molecule has 146 valence electrons. The Kier molecular flexibility index (Phi) is 7.78. The first-order valence-electron chi connectivity index (χ1n) is 10.8. The summed E-state index contributed by atoms with van der Waals surface area (Å²) in [6.45, 7) is 4.49. The fraction of sp³-hybridized carbons (Fsp3) is 0.385. The Balaban J connectivity index is 1.63. The SMILES string of the molecule is CCCCCc1ccc(-c2ccc(-c3ccc(CCCCC)cc3)nn2)cc1. The van der Waals surface area contributed by atoms with Crippen LogP contribution >= 0.6 is 0 Å². The third-order valence-electron chi connectivity index (χ3n) is 5.30. The Morgan fingerprint density at radius 3 is 1.21 bits per heavy atom. The average molecular weight is 373 g/mol. The summed E-state index contributed by atoms with van der Waals surface area (Å²) in [4.78, 5) is 0. The molecule has 1 aromatic heterocycles. The monoisotopic (exact) mass is 372 g/mol. The first kappa shape index (κ1) is 20.3. The highest BCUT2D eigenvalue weighted by Crippen LogP contribution is 2.22. The van der Waals surface area contributed by atoms with Gasteiger partial charge in [0, 0.05) is 11.1 Å². The predicted molar refractivity (Wildman–Crippen MR) is 119 cm³/mol. The molecule has 0 radical (unpaired) electrons. The topological polar surface area (TPSA) is 25.8 Å². The van der Waals surface area contributed by atoms with Crippen LogP contribution in [0.5, 0.6) is 0 Å². The van der Waals surface area contributed by atoms with Crippen LogP contribution in [0.15, 0.2) is 60.7 Å². The van der Waals surface area contributed by atoms with Gasteiger partial charge >= 0.3 is 0 Å². The summed E-state index contributed by atoms with van der Waals surface area (Å²) >= 11 is 0. The van der Waals surface area contributed by atoms with Crippen LogP contribution in [0.25, 0.3) is 22.5 Å². The van der Waals surface area contributed by atoms with Crippen LogP contribution in [0.3, 0.4) is 0 Å². The van der Waals surface area contributed by atoms with Gasteiger partial charge in [-0.1, -0.05) is 88.1 Å². The number of aryl methyl sites for hydroxylation is 2. The molecule has 1 heterocycles. The molecular weight excluding hydrogens is 340 g/mol. The van der Waals surface area contributed by atoms with E-state index in [1.54, 1.807) is 0 Å². The molecule has 0 N–H and O–H groups in total. The fourth-order valence-corrected chi connectivity index (χ4v) is 3.48. The molecule has 28 heavy (non-hydrogen) atoms. The maximum atomic E-state index is 4.46. The van der Waals surface area contributed by atoms with Crippen molar-refractivity contribution < 1.29 is 0 Å². The Labute approximate surface area is 170 Å². The van der Waals surface area contributed by atoms with E-state index in [2.05, 4.69) is 84.7 Å². The van der Waals surface area contributed by atoms with E-state index in [-0.39, 0.29) is 0 Å². The summed E-state index contributed by atoms with van der Waals surface area (Å²) in [6.07, 6.45) is 9.98. The van der Waals surface area contributed by atoms with Gasteiger partial charge in [0.1, 0.15) is 0 Å². The van der Waals surface area contributed by atoms with E-state index in [0.29, 0.717) is 0 Å². The molecule has 0 unspecified atom stereocenters. The highest BCUT2D eigenvalue weighted by Gasteiger charge is 2.04. The van der Waals surface area contributed by atoms with Gasteiger partial charge in [-0.3, -0.25) is 0 Å². The summed E-state index contributed by atoms with van der Waals surface area (Å²) in [7, 11) is 0. The Morgan fingerprint density at radius 1 is 0.500 bits per heavy atom. The van der Waals surface area contributed by atoms with Crippen molar-refractivity contribution in [2.24, 2.45) is 0 Å². The van der Waals surface area contributed by atoms with E-state index >= 15 is 0 Å². The van der Waals surface area contributed by atoms with Crippen molar-refractivity contribution in [1.29, 1.82) is 0 Å². The minimum Gasteiger partial charge on any atom is -0.150 e. The molecule has 2 aromatic carbocycles. The van der Waals surface area contributed by atoms with Crippen molar-refractivity contribution >= 4 is 0 Å². The standard InChI is InChI=1S/C26H32N2/c1-3-5-7-9-21-11-15-23(16-12-21)25-19-20-26(28-27-25)24-17-13-22(14-18-24)10-8-6-4-2/h11-20H,3-10H2,1-2H3. The maximum Gasteiger partial charge on any atom is 0.0930 e. The molecular formula is C26H32N2. The van der Waals surface area contributed by atoms with Gasteiger partial charge < -0.3 is 0 Å². The first-order valence-corrected chi connectivity index (χ1v) is 10.8.